The van der Waals surface area contributed by atoms with E-state index in [0.717, 1.165) is 5.56 Å². The highest BCUT2D eigenvalue weighted by molar-refractivity contribution is 5.75. The van der Waals surface area contributed by atoms with Crippen LogP contribution in [0.2, 0.25) is 0 Å². The molecule has 5 heteroatoms. The van der Waals surface area contributed by atoms with Gasteiger partial charge in [-0.2, -0.15) is 0 Å². The quantitative estimate of drug-likeness (QED) is 0.569. The number of nitrogens with two attached hydrogens (primary N) is 2. The minimum Gasteiger partial charge on any atom is -0.399 e. The number of nitrogen functional groups attached to an aromatic ring is 1. The van der Waals surface area contributed by atoms with E-state index >= 15 is 0 Å². The number of benzene rings is 1. The first kappa shape index (κ1) is 12.5. The molecule has 0 atom stereocenters. The lowest BCUT2D eigenvalue weighted by molar-refractivity contribution is -0.119. The lowest BCUT2D eigenvalue weighted by Crippen LogP contribution is -2.35. The van der Waals surface area contributed by atoms with Crippen LogP contribution in [0.5, 0.6) is 0 Å². The fourth-order valence-corrected chi connectivity index (χ4v) is 1.53. The Balaban J connectivity index is 2.63. The molecule has 88 valence electrons. The van der Waals surface area contributed by atoms with Gasteiger partial charge in [0.05, 0.1) is 13.2 Å². The van der Waals surface area contributed by atoms with Crippen molar-refractivity contribution in [2.24, 2.45) is 5.73 Å². The molecule has 0 aliphatic heterocycles. The van der Waals surface area contributed by atoms with Gasteiger partial charge in [-0.25, -0.2) is 0 Å². The van der Waals surface area contributed by atoms with Crippen molar-refractivity contribution in [2.45, 2.75) is 6.54 Å². The Morgan fingerprint density at radius 2 is 2.19 bits per heavy atom. The minimum absolute atomic E-state index is 0.00437. The molecule has 0 aliphatic rings. The number of hydrogen-bond donors (Lipinski definition) is 3. The topological polar surface area (TPSA) is 92.6 Å². The van der Waals surface area contributed by atoms with Gasteiger partial charge in [-0.15, -0.1) is 0 Å². The van der Waals surface area contributed by atoms with Gasteiger partial charge in [0.15, 0.2) is 0 Å². The van der Waals surface area contributed by atoms with E-state index in [0.29, 0.717) is 18.8 Å². The minimum atomic E-state index is -0.405. The Kier molecular flexibility index (Phi) is 4.75. The second-order valence-corrected chi connectivity index (χ2v) is 3.65. The SMILES string of the molecule is NC(=O)CN(CCO)Cc1cccc(N)c1. The second-order valence-electron chi connectivity index (χ2n) is 3.65. The standard InChI is InChI=1S/C11H17N3O2/c12-10-3-1-2-9(6-10)7-14(4-5-15)8-11(13)16/h1-3,6,15H,4-5,7-8,12H2,(H2,13,16). The molecule has 0 unspecified atom stereocenters. The van der Waals surface area contributed by atoms with Crippen molar-refractivity contribution in [2.75, 3.05) is 25.4 Å². The van der Waals surface area contributed by atoms with Crippen LogP contribution in [0.3, 0.4) is 0 Å². The largest absolute Gasteiger partial charge is 0.399 e. The van der Waals surface area contributed by atoms with E-state index in [1.807, 2.05) is 18.2 Å². The number of rotatable bonds is 6. The molecule has 16 heavy (non-hydrogen) atoms. The Morgan fingerprint density at radius 3 is 2.75 bits per heavy atom. The molecule has 1 aromatic carbocycles. The number of aliphatic hydroxyl groups excluding tert-OH is 1. The van der Waals surface area contributed by atoms with Gasteiger partial charge in [-0.05, 0) is 17.7 Å². The van der Waals surface area contributed by atoms with E-state index in [4.69, 9.17) is 16.6 Å². The molecule has 5 nitrogen and oxygen atoms in total. The van der Waals surface area contributed by atoms with E-state index in [2.05, 4.69) is 0 Å². The van der Waals surface area contributed by atoms with Crippen molar-refractivity contribution >= 4 is 11.6 Å². The van der Waals surface area contributed by atoms with Crippen molar-refractivity contribution in [1.29, 1.82) is 0 Å². The van der Waals surface area contributed by atoms with Crippen LogP contribution in [0.1, 0.15) is 5.56 Å². The van der Waals surface area contributed by atoms with Crippen LogP contribution in [0.25, 0.3) is 0 Å². The van der Waals surface area contributed by atoms with Gasteiger partial charge < -0.3 is 16.6 Å². The highest BCUT2D eigenvalue weighted by atomic mass is 16.3. The van der Waals surface area contributed by atoms with Crippen molar-refractivity contribution < 1.29 is 9.90 Å². The highest BCUT2D eigenvalue weighted by Gasteiger charge is 2.08. The van der Waals surface area contributed by atoms with E-state index in [1.54, 1.807) is 11.0 Å². The Labute approximate surface area is 94.7 Å². The van der Waals surface area contributed by atoms with Gasteiger partial charge in [0.1, 0.15) is 0 Å². The summed E-state index contributed by atoms with van der Waals surface area (Å²) >= 11 is 0. The first-order valence-corrected chi connectivity index (χ1v) is 5.07. The molecule has 0 fully saturated rings. The molecule has 1 aromatic rings. The zero-order chi connectivity index (χ0) is 12.0. The van der Waals surface area contributed by atoms with Crippen molar-refractivity contribution in [3.63, 3.8) is 0 Å². The fraction of sp³-hybridized carbons (Fsp3) is 0.364. The normalized spacial score (nSPS) is 10.6. The highest BCUT2D eigenvalue weighted by Crippen LogP contribution is 2.09. The molecule has 1 amide bonds. The predicted octanol–water partition coefficient (Wildman–Crippen LogP) is -0.452. The lowest BCUT2D eigenvalue weighted by atomic mass is 10.2. The Hall–Kier alpha value is -1.59. The van der Waals surface area contributed by atoms with Crippen molar-refractivity contribution in [1.82, 2.24) is 4.90 Å². The summed E-state index contributed by atoms with van der Waals surface area (Å²) in [5, 5.41) is 8.86. The summed E-state index contributed by atoms with van der Waals surface area (Å²) < 4.78 is 0. The number of aliphatic hydroxyl groups is 1. The summed E-state index contributed by atoms with van der Waals surface area (Å²) in [5.41, 5.74) is 12.4. The molecule has 1 rings (SSSR count). The van der Waals surface area contributed by atoms with Crippen LogP contribution in [-0.2, 0) is 11.3 Å². The zero-order valence-corrected chi connectivity index (χ0v) is 9.10. The maximum absolute atomic E-state index is 10.8. The number of carbonyl (C=O) groups is 1. The molecule has 0 aromatic heterocycles. The summed E-state index contributed by atoms with van der Waals surface area (Å²) in [7, 11) is 0. The fourth-order valence-electron chi connectivity index (χ4n) is 1.53. The molecular formula is C11H17N3O2. The summed E-state index contributed by atoms with van der Waals surface area (Å²) in [6.07, 6.45) is 0. The van der Waals surface area contributed by atoms with Gasteiger partial charge in [0.2, 0.25) is 5.91 Å². The molecule has 5 N–H and O–H groups in total. The number of amides is 1. The number of carbonyl (C=O) groups excluding carboxylic acids is 1. The summed E-state index contributed by atoms with van der Waals surface area (Å²) in [6, 6.07) is 7.41. The summed E-state index contributed by atoms with van der Waals surface area (Å²) in [5.74, 6) is -0.405. The zero-order valence-electron chi connectivity index (χ0n) is 9.10. The molecular weight excluding hydrogens is 206 g/mol. The molecule has 0 radical (unpaired) electrons. The summed E-state index contributed by atoms with van der Waals surface area (Å²) in [4.78, 5) is 12.6. The Morgan fingerprint density at radius 1 is 1.44 bits per heavy atom. The first-order valence-electron chi connectivity index (χ1n) is 5.07. The van der Waals surface area contributed by atoms with Crippen LogP contribution in [-0.4, -0.2) is 35.6 Å². The van der Waals surface area contributed by atoms with Crippen molar-refractivity contribution in [3.05, 3.63) is 29.8 Å². The Bertz CT molecular complexity index is 355. The molecule has 0 heterocycles. The van der Waals surface area contributed by atoms with Crippen LogP contribution in [0.15, 0.2) is 24.3 Å². The van der Waals surface area contributed by atoms with Gasteiger partial charge in [0, 0.05) is 18.8 Å². The predicted molar refractivity (Wildman–Crippen MR) is 62.4 cm³/mol. The van der Waals surface area contributed by atoms with Crippen LogP contribution in [0.4, 0.5) is 5.69 Å². The van der Waals surface area contributed by atoms with Gasteiger partial charge in [-0.3, -0.25) is 9.69 Å². The second kappa shape index (κ2) is 6.09. The smallest absolute Gasteiger partial charge is 0.231 e. The van der Waals surface area contributed by atoms with Gasteiger partial charge >= 0.3 is 0 Å². The van der Waals surface area contributed by atoms with E-state index < -0.39 is 5.91 Å². The average Bonchev–Trinajstić information content (AvgIpc) is 2.16. The summed E-state index contributed by atoms with van der Waals surface area (Å²) in [6.45, 7) is 1.09. The number of anilines is 1. The third-order valence-electron chi connectivity index (χ3n) is 2.15. The van der Waals surface area contributed by atoms with Crippen LogP contribution < -0.4 is 11.5 Å². The van der Waals surface area contributed by atoms with Gasteiger partial charge in [-0.1, -0.05) is 12.1 Å². The third kappa shape index (κ3) is 4.29. The number of nitrogens with zero attached hydrogens (tertiary/aromatic N) is 1. The molecule has 0 spiro atoms. The monoisotopic (exact) mass is 223 g/mol. The van der Waals surface area contributed by atoms with Crippen LogP contribution in [0, 0.1) is 0 Å². The third-order valence-corrected chi connectivity index (χ3v) is 2.15. The molecule has 0 saturated carbocycles. The average molecular weight is 223 g/mol. The number of hydrogen-bond acceptors (Lipinski definition) is 4. The van der Waals surface area contributed by atoms with E-state index in [9.17, 15) is 4.79 Å². The first-order chi connectivity index (χ1) is 7.61. The molecule has 0 saturated heterocycles. The van der Waals surface area contributed by atoms with E-state index in [-0.39, 0.29) is 13.2 Å². The van der Waals surface area contributed by atoms with Crippen molar-refractivity contribution in [3.8, 4) is 0 Å². The maximum atomic E-state index is 10.8. The maximum Gasteiger partial charge on any atom is 0.231 e. The van der Waals surface area contributed by atoms with E-state index in [1.165, 1.54) is 0 Å². The van der Waals surface area contributed by atoms with Gasteiger partial charge in [0.25, 0.3) is 0 Å². The lowest BCUT2D eigenvalue weighted by Gasteiger charge is -2.19. The van der Waals surface area contributed by atoms with Crippen LogP contribution >= 0.6 is 0 Å². The molecule has 0 bridgehead atoms. The molecule has 0 aliphatic carbocycles. The number of primary amides is 1.